The van der Waals surface area contributed by atoms with Crippen LogP contribution in [0.15, 0.2) is 23.4 Å². The second-order valence-corrected chi connectivity index (χ2v) is 4.27. The summed E-state index contributed by atoms with van der Waals surface area (Å²) in [6.07, 6.45) is 3.22. The van der Waals surface area contributed by atoms with Crippen LogP contribution in [-0.4, -0.2) is 35.4 Å². The van der Waals surface area contributed by atoms with Crippen LogP contribution in [0.3, 0.4) is 0 Å². The van der Waals surface area contributed by atoms with Crippen molar-refractivity contribution >= 4 is 5.91 Å². The zero-order valence-electron chi connectivity index (χ0n) is 9.54. The molecule has 1 amide bonds. The SMILES string of the molecule is [N-]=[N+]=NCC1CC(=O)N(CCc2ccc[nH]2)C1. The predicted octanol–water partition coefficient (Wildman–Crippen LogP) is 1.72. The van der Waals surface area contributed by atoms with Gasteiger partial charge in [0, 0.05) is 49.3 Å². The second kappa shape index (κ2) is 5.41. The normalized spacial score (nSPS) is 19.4. The number of amides is 1. The maximum atomic E-state index is 11.7. The molecule has 0 aromatic carbocycles. The van der Waals surface area contributed by atoms with E-state index in [-0.39, 0.29) is 11.8 Å². The van der Waals surface area contributed by atoms with Crippen molar-refractivity contribution in [3.8, 4) is 0 Å². The van der Waals surface area contributed by atoms with Gasteiger partial charge >= 0.3 is 0 Å². The Labute approximate surface area is 99.2 Å². The first-order valence-corrected chi connectivity index (χ1v) is 5.70. The highest BCUT2D eigenvalue weighted by Crippen LogP contribution is 2.18. The minimum atomic E-state index is 0.162. The van der Waals surface area contributed by atoms with Crippen LogP contribution in [0.2, 0.25) is 0 Å². The first-order valence-electron chi connectivity index (χ1n) is 5.70. The fourth-order valence-corrected chi connectivity index (χ4v) is 2.12. The molecule has 1 aliphatic heterocycles. The van der Waals surface area contributed by atoms with Crippen molar-refractivity contribution in [1.82, 2.24) is 9.88 Å². The Morgan fingerprint density at radius 3 is 3.24 bits per heavy atom. The van der Waals surface area contributed by atoms with Gasteiger partial charge in [-0.2, -0.15) is 0 Å². The minimum absolute atomic E-state index is 0.162. The Hall–Kier alpha value is -1.94. The number of hydrogen-bond acceptors (Lipinski definition) is 2. The van der Waals surface area contributed by atoms with Crippen molar-refractivity contribution in [2.24, 2.45) is 11.0 Å². The molecule has 1 saturated heterocycles. The zero-order chi connectivity index (χ0) is 12.1. The van der Waals surface area contributed by atoms with Crippen LogP contribution in [0.25, 0.3) is 10.4 Å². The van der Waals surface area contributed by atoms with Crippen LogP contribution in [0.5, 0.6) is 0 Å². The van der Waals surface area contributed by atoms with Crippen LogP contribution in [0.1, 0.15) is 12.1 Å². The monoisotopic (exact) mass is 233 g/mol. The lowest BCUT2D eigenvalue weighted by atomic mass is 10.1. The Bertz CT molecular complexity index is 421. The third-order valence-corrected chi connectivity index (χ3v) is 3.01. The number of aromatic nitrogens is 1. The van der Waals surface area contributed by atoms with Crippen LogP contribution in [0, 0.1) is 5.92 Å². The molecule has 1 fully saturated rings. The fourth-order valence-electron chi connectivity index (χ4n) is 2.12. The molecule has 90 valence electrons. The molecule has 0 saturated carbocycles. The maximum Gasteiger partial charge on any atom is 0.222 e. The number of nitrogens with zero attached hydrogens (tertiary/aromatic N) is 4. The molecule has 1 unspecified atom stereocenters. The summed E-state index contributed by atoms with van der Waals surface area (Å²) in [6.45, 7) is 1.85. The van der Waals surface area contributed by atoms with Gasteiger partial charge < -0.3 is 9.88 Å². The molecule has 2 heterocycles. The standard InChI is InChI=1S/C11H15N5O/c12-15-14-7-9-6-11(17)16(8-9)5-3-10-2-1-4-13-10/h1-2,4,9,13H,3,5-8H2. The number of H-pyrrole nitrogens is 1. The van der Waals surface area contributed by atoms with Gasteiger partial charge in [-0.1, -0.05) is 5.11 Å². The highest BCUT2D eigenvalue weighted by molar-refractivity contribution is 5.78. The van der Waals surface area contributed by atoms with Crippen LogP contribution in [-0.2, 0) is 11.2 Å². The molecular weight excluding hydrogens is 218 g/mol. The average Bonchev–Trinajstić information content (AvgIpc) is 2.93. The van der Waals surface area contributed by atoms with Gasteiger partial charge in [-0.15, -0.1) is 0 Å². The molecule has 6 heteroatoms. The Kier molecular flexibility index (Phi) is 3.67. The van der Waals surface area contributed by atoms with Crippen molar-refractivity contribution in [3.05, 3.63) is 34.5 Å². The molecule has 17 heavy (non-hydrogen) atoms. The van der Waals surface area contributed by atoms with Crippen LogP contribution >= 0.6 is 0 Å². The fraction of sp³-hybridized carbons (Fsp3) is 0.545. The molecule has 0 aliphatic carbocycles. The van der Waals surface area contributed by atoms with E-state index in [4.69, 9.17) is 5.53 Å². The Balaban J connectivity index is 1.81. The van der Waals surface area contributed by atoms with Gasteiger partial charge in [-0.3, -0.25) is 4.79 Å². The largest absolute Gasteiger partial charge is 0.365 e. The molecule has 1 N–H and O–H groups in total. The number of nitrogens with one attached hydrogen (secondary N) is 1. The van der Waals surface area contributed by atoms with E-state index < -0.39 is 0 Å². The second-order valence-electron chi connectivity index (χ2n) is 4.27. The number of carbonyl (C=O) groups excluding carboxylic acids is 1. The number of rotatable bonds is 5. The number of carbonyl (C=O) groups is 1. The van der Waals surface area contributed by atoms with Gasteiger partial charge in [0.2, 0.25) is 5.91 Å². The summed E-state index contributed by atoms with van der Waals surface area (Å²) in [5.41, 5.74) is 9.38. The molecular formula is C11H15N5O. The first-order chi connectivity index (χ1) is 8.29. The number of hydrogen-bond donors (Lipinski definition) is 1. The zero-order valence-corrected chi connectivity index (χ0v) is 9.54. The van der Waals surface area contributed by atoms with Crippen molar-refractivity contribution in [3.63, 3.8) is 0 Å². The highest BCUT2D eigenvalue weighted by atomic mass is 16.2. The van der Waals surface area contributed by atoms with E-state index in [9.17, 15) is 4.79 Å². The summed E-state index contributed by atoms with van der Waals surface area (Å²) >= 11 is 0. The molecule has 1 atom stereocenters. The molecule has 1 aliphatic rings. The van der Waals surface area contributed by atoms with Crippen molar-refractivity contribution in [2.75, 3.05) is 19.6 Å². The molecule has 6 nitrogen and oxygen atoms in total. The number of aromatic amines is 1. The lowest BCUT2D eigenvalue weighted by molar-refractivity contribution is -0.127. The van der Waals surface area contributed by atoms with Gasteiger partial charge in [0.1, 0.15) is 0 Å². The van der Waals surface area contributed by atoms with E-state index in [1.54, 1.807) is 0 Å². The van der Waals surface area contributed by atoms with Gasteiger partial charge in [0.15, 0.2) is 0 Å². The van der Waals surface area contributed by atoms with E-state index >= 15 is 0 Å². The summed E-state index contributed by atoms with van der Waals surface area (Å²) < 4.78 is 0. The van der Waals surface area contributed by atoms with E-state index in [2.05, 4.69) is 15.0 Å². The Morgan fingerprint density at radius 1 is 1.65 bits per heavy atom. The third-order valence-electron chi connectivity index (χ3n) is 3.01. The van der Waals surface area contributed by atoms with Crippen LogP contribution in [0.4, 0.5) is 0 Å². The molecule has 1 aromatic heterocycles. The molecule has 0 spiro atoms. The quantitative estimate of drug-likeness (QED) is 0.468. The lowest BCUT2D eigenvalue weighted by Crippen LogP contribution is -2.27. The first kappa shape index (κ1) is 11.5. The summed E-state index contributed by atoms with van der Waals surface area (Å²) in [5.74, 6) is 0.344. The van der Waals surface area contributed by atoms with Crippen molar-refractivity contribution < 1.29 is 4.79 Å². The molecule has 0 bridgehead atoms. The van der Waals surface area contributed by atoms with E-state index in [0.29, 0.717) is 19.5 Å². The van der Waals surface area contributed by atoms with E-state index in [0.717, 1.165) is 18.7 Å². The van der Waals surface area contributed by atoms with Gasteiger partial charge in [-0.25, -0.2) is 0 Å². The average molecular weight is 233 g/mol. The van der Waals surface area contributed by atoms with Gasteiger partial charge in [-0.05, 0) is 23.6 Å². The van der Waals surface area contributed by atoms with Crippen molar-refractivity contribution in [2.45, 2.75) is 12.8 Å². The molecule has 2 rings (SSSR count). The third kappa shape index (κ3) is 3.01. The van der Waals surface area contributed by atoms with Crippen LogP contribution < -0.4 is 0 Å². The van der Waals surface area contributed by atoms with Gasteiger partial charge in [0.05, 0.1) is 0 Å². The van der Waals surface area contributed by atoms with Gasteiger partial charge in [0.25, 0.3) is 0 Å². The maximum absolute atomic E-state index is 11.7. The van der Waals surface area contributed by atoms with E-state index in [1.165, 1.54) is 0 Å². The Morgan fingerprint density at radius 2 is 2.53 bits per heavy atom. The summed E-state index contributed by atoms with van der Waals surface area (Å²) in [5, 5.41) is 3.53. The van der Waals surface area contributed by atoms with Crippen molar-refractivity contribution in [1.29, 1.82) is 0 Å². The number of azide groups is 1. The van der Waals surface area contributed by atoms with E-state index in [1.807, 2.05) is 23.2 Å². The molecule has 0 radical (unpaired) electrons. The summed E-state index contributed by atoms with van der Waals surface area (Å²) in [6, 6.07) is 3.96. The smallest absolute Gasteiger partial charge is 0.222 e. The molecule has 1 aromatic rings. The number of likely N-dealkylation sites (tertiary alicyclic amines) is 1. The highest BCUT2D eigenvalue weighted by Gasteiger charge is 2.28. The minimum Gasteiger partial charge on any atom is -0.365 e. The lowest BCUT2D eigenvalue weighted by Gasteiger charge is -2.15. The topological polar surface area (TPSA) is 84.9 Å². The summed E-state index contributed by atoms with van der Waals surface area (Å²) in [4.78, 5) is 19.4. The summed E-state index contributed by atoms with van der Waals surface area (Å²) in [7, 11) is 0. The predicted molar refractivity (Wildman–Crippen MR) is 63.2 cm³/mol.